The molecule has 0 heterocycles. The van der Waals surface area contributed by atoms with Crippen LogP contribution in [-0.2, 0) is 10.0 Å². The molecule has 1 atom stereocenters. The number of hydrogen-bond acceptors (Lipinski definition) is 3. The Morgan fingerprint density at radius 1 is 1.37 bits per heavy atom. The van der Waals surface area contributed by atoms with Crippen molar-refractivity contribution < 1.29 is 22.3 Å². The Hall–Kier alpha value is -1.05. The highest BCUT2D eigenvalue weighted by molar-refractivity contribution is 7.89. The van der Waals surface area contributed by atoms with Gasteiger partial charge in [0.05, 0.1) is 0 Å². The molecule has 0 fully saturated rings. The van der Waals surface area contributed by atoms with E-state index in [-0.39, 0.29) is 19.1 Å². The number of aliphatic hydroxyl groups is 1. The zero-order chi connectivity index (χ0) is 14.5. The minimum Gasteiger partial charge on any atom is -0.396 e. The maximum atomic E-state index is 13.3. The molecule has 1 unspecified atom stereocenters. The molecule has 108 valence electrons. The summed E-state index contributed by atoms with van der Waals surface area (Å²) >= 11 is 0. The SMILES string of the molecule is CC(CO)CCCNS(=O)(=O)c1ccc(F)cc1F. The van der Waals surface area contributed by atoms with Crippen LogP contribution in [0.25, 0.3) is 0 Å². The maximum absolute atomic E-state index is 13.3. The topological polar surface area (TPSA) is 66.4 Å². The molecule has 0 spiro atoms. The first kappa shape index (κ1) is 16.0. The molecule has 0 aromatic heterocycles. The van der Waals surface area contributed by atoms with Crippen LogP contribution in [0.5, 0.6) is 0 Å². The summed E-state index contributed by atoms with van der Waals surface area (Å²) in [6.07, 6.45) is 1.19. The van der Waals surface area contributed by atoms with Gasteiger partial charge in [-0.15, -0.1) is 0 Å². The van der Waals surface area contributed by atoms with Crippen LogP contribution in [0.2, 0.25) is 0 Å². The van der Waals surface area contributed by atoms with Crippen molar-refractivity contribution in [1.82, 2.24) is 4.72 Å². The Balaban J connectivity index is 2.61. The van der Waals surface area contributed by atoms with Crippen molar-refractivity contribution in [3.8, 4) is 0 Å². The quantitative estimate of drug-likeness (QED) is 0.751. The van der Waals surface area contributed by atoms with E-state index in [4.69, 9.17) is 5.11 Å². The third kappa shape index (κ3) is 4.85. The lowest BCUT2D eigenvalue weighted by molar-refractivity contribution is 0.228. The molecule has 0 saturated carbocycles. The van der Waals surface area contributed by atoms with E-state index < -0.39 is 26.6 Å². The van der Waals surface area contributed by atoms with Gasteiger partial charge in [-0.3, -0.25) is 0 Å². The number of halogens is 2. The highest BCUT2D eigenvalue weighted by Gasteiger charge is 2.18. The van der Waals surface area contributed by atoms with Gasteiger partial charge in [0.1, 0.15) is 16.5 Å². The van der Waals surface area contributed by atoms with Crippen LogP contribution in [0.1, 0.15) is 19.8 Å². The van der Waals surface area contributed by atoms with Gasteiger partial charge in [-0.05, 0) is 30.9 Å². The summed E-state index contributed by atoms with van der Waals surface area (Å²) in [5.74, 6) is -1.85. The molecule has 1 rings (SSSR count). The molecule has 0 aliphatic rings. The van der Waals surface area contributed by atoms with Crippen molar-refractivity contribution in [1.29, 1.82) is 0 Å². The van der Waals surface area contributed by atoms with Gasteiger partial charge in [-0.25, -0.2) is 21.9 Å². The molecule has 1 aromatic rings. The molecule has 0 amide bonds. The summed E-state index contributed by atoms with van der Waals surface area (Å²) in [6, 6.07) is 2.32. The zero-order valence-corrected chi connectivity index (χ0v) is 11.4. The minimum absolute atomic E-state index is 0.0410. The predicted octanol–water partition coefficient (Wildman–Crippen LogP) is 1.65. The van der Waals surface area contributed by atoms with Crippen LogP contribution < -0.4 is 4.72 Å². The largest absolute Gasteiger partial charge is 0.396 e. The third-order valence-electron chi connectivity index (χ3n) is 2.66. The van der Waals surface area contributed by atoms with E-state index in [0.717, 1.165) is 12.1 Å². The molecule has 0 radical (unpaired) electrons. The molecular weight excluding hydrogens is 276 g/mol. The van der Waals surface area contributed by atoms with Gasteiger partial charge in [0.25, 0.3) is 0 Å². The maximum Gasteiger partial charge on any atom is 0.243 e. The van der Waals surface area contributed by atoms with Gasteiger partial charge in [0.2, 0.25) is 10.0 Å². The Kier molecular flexibility index (Phi) is 5.84. The fraction of sp³-hybridized carbons (Fsp3) is 0.500. The normalized spacial score (nSPS) is 13.5. The van der Waals surface area contributed by atoms with Gasteiger partial charge < -0.3 is 5.11 Å². The van der Waals surface area contributed by atoms with E-state index in [2.05, 4.69) is 4.72 Å². The summed E-state index contributed by atoms with van der Waals surface area (Å²) < 4.78 is 51.8. The Labute approximate surface area is 111 Å². The van der Waals surface area contributed by atoms with Crippen LogP contribution in [0, 0.1) is 17.6 Å². The van der Waals surface area contributed by atoms with Gasteiger partial charge in [0.15, 0.2) is 0 Å². The van der Waals surface area contributed by atoms with Gasteiger partial charge in [-0.2, -0.15) is 0 Å². The average Bonchev–Trinajstić information content (AvgIpc) is 2.33. The summed E-state index contributed by atoms with van der Waals surface area (Å²) in [5.41, 5.74) is 0. The Morgan fingerprint density at radius 3 is 2.63 bits per heavy atom. The summed E-state index contributed by atoms with van der Waals surface area (Å²) in [4.78, 5) is -0.566. The van der Waals surface area contributed by atoms with Crippen LogP contribution in [0.4, 0.5) is 8.78 Å². The lowest BCUT2D eigenvalue weighted by atomic mass is 10.1. The van der Waals surface area contributed by atoms with Crippen LogP contribution in [0.15, 0.2) is 23.1 Å². The minimum atomic E-state index is -3.97. The highest BCUT2D eigenvalue weighted by Crippen LogP contribution is 2.15. The van der Waals surface area contributed by atoms with Crippen molar-refractivity contribution in [2.75, 3.05) is 13.2 Å². The monoisotopic (exact) mass is 293 g/mol. The Morgan fingerprint density at radius 2 is 2.05 bits per heavy atom. The summed E-state index contributed by atoms with van der Waals surface area (Å²) in [5, 5.41) is 8.81. The standard InChI is InChI=1S/C12H17F2NO3S/c1-9(8-16)3-2-6-15-19(17,18)12-5-4-10(13)7-11(12)14/h4-5,7,9,15-16H,2-3,6,8H2,1H3. The number of sulfonamides is 1. The van der Waals surface area contributed by atoms with Gasteiger partial charge in [-0.1, -0.05) is 6.92 Å². The van der Waals surface area contributed by atoms with E-state index in [1.165, 1.54) is 0 Å². The van der Waals surface area contributed by atoms with E-state index in [9.17, 15) is 17.2 Å². The summed E-state index contributed by atoms with van der Waals surface area (Å²) in [6.45, 7) is 2.02. The first-order valence-electron chi connectivity index (χ1n) is 5.92. The van der Waals surface area contributed by atoms with Crippen molar-refractivity contribution in [2.45, 2.75) is 24.7 Å². The number of hydrogen-bond donors (Lipinski definition) is 2. The van der Waals surface area contributed by atoms with Crippen molar-refractivity contribution in [3.05, 3.63) is 29.8 Å². The van der Waals surface area contributed by atoms with Crippen LogP contribution in [0.3, 0.4) is 0 Å². The average molecular weight is 293 g/mol. The molecule has 0 aliphatic carbocycles. The number of nitrogens with one attached hydrogen (secondary N) is 1. The second kappa shape index (κ2) is 6.93. The first-order chi connectivity index (χ1) is 8.86. The fourth-order valence-electron chi connectivity index (χ4n) is 1.52. The number of rotatable bonds is 7. The molecular formula is C12H17F2NO3S. The molecule has 0 saturated heterocycles. The molecule has 0 aliphatic heterocycles. The van der Waals surface area contributed by atoms with Crippen molar-refractivity contribution >= 4 is 10.0 Å². The molecule has 4 nitrogen and oxygen atoms in total. The van der Waals surface area contributed by atoms with E-state index in [0.29, 0.717) is 18.9 Å². The first-order valence-corrected chi connectivity index (χ1v) is 7.40. The number of benzene rings is 1. The predicted molar refractivity (Wildman–Crippen MR) is 67.0 cm³/mol. The number of aliphatic hydroxyl groups excluding tert-OH is 1. The highest BCUT2D eigenvalue weighted by atomic mass is 32.2. The van der Waals surface area contributed by atoms with Gasteiger partial charge in [0, 0.05) is 19.2 Å². The lowest BCUT2D eigenvalue weighted by Gasteiger charge is -2.09. The van der Waals surface area contributed by atoms with Crippen LogP contribution in [-0.4, -0.2) is 26.7 Å². The second-order valence-electron chi connectivity index (χ2n) is 4.40. The molecule has 19 heavy (non-hydrogen) atoms. The van der Waals surface area contributed by atoms with Crippen molar-refractivity contribution in [2.24, 2.45) is 5.92 Å². The molecule has 7 heteroatoms. The molecule has 2 N–H and O–H groups in total. The third-order valence-corrected chi connectivity index (χ3v) is 4.16. The molecule has 0 bridgehead atoms. The Bertz CT molecular complexity index is 520. The molecule has 1 aromatic carbocycles. The van der Waals surface area contributed by atoms with E-state index in [1.807, 2.05) is 6.92 Å². The van der Waals surface area contributed by atoms with Crippen molar-refractivity contribution in [3.63, 3.8) is 0 Å². The smallest absolute Gasteiger partial charge is 0.243 e. The van der Waals surface area contributed by atoms with Crippen LogP contribution >= 0.6 is 0 Å². The lowest BCUT2D eigenvalue weighted by Crippen LogP contribution is -2.26. The summed E-state index contributed by atoms with van der Waals surface area (Å²) in [7, 11) is -3.97. The van der Waals surface area contributed by atoms with E-state index in [1.54, 1.807) is 0 Å². The van der Waals surface area contributed by atoms with E-state index >= 15 is 0 Å². The van der Waals surface area contributed by atoms with Gasteiger partial charge >= 0.3 is 0 Å². The fourth-order valence-corrected chi connectivity index (χ4v) is 2.65. The second-order valence-corrected chi connectivity index (χ2v) is 6.14. The zero-order valence-electron chi connectivity index (χ0n) is 10.6.